The molecule has 18 heavy (non-hydrogen) atoms. The molecule has 1 aromatic rings. The zero-order valence-corrected chi connectivity index (χ0v) is 9.52. The van der Waals surface area contributed by atoms with E-state index in [9.17, 15) is 30.4 Å². The summed E-state index contributed by atoms with van der Waals surface area (Å²) >= 11 is 0. The smallest absolute Gasteiger partial charge is 0.379 e. The summed E-state index contributed by atoms with van der Waals surface area (Å²) in [6.45, 7) is -0.675. The molecule has 1 rings (SSSR count). The maximum Gasteiger partial charge on any atom is 0.501 e. The summed E-state index contributed by atoms with van der Waals surface area (Å²) in [6, 6.07) is 3.38. The van der Waals surface area contributed by atoms with Gasteiger partial charge in [-0.25, -0.2) is 17.2 Å². The van der Waals surface area contributed by atoms with Crippen LogP contribution in [0.15, 0.2) is 29.2 Å². The van der Waals surface area contributed by atoms with Crippen LogP contribution in [0.25, 0.3) is 0 Å². The normalized spacial score (nSPS) is 12.8. The van der Waals surface area contributed by atoms with E-state index in [1.54, 1.807) is 0 Å². The van der Waals surface area contributed by atoms with E-state index in [2.05, 4.69) is 5.32 Å². The first-order valence-electron chi connectivity index (χ1n) is 4.58. The average Bonchev–Trinajstić information content (AvgIpc) is 2.25. The molecule has 0 heterocycles. The van der Waals surface area contributed by atoms with Gasteiger partial charge in [-0.05, 0) is 24.3 Å². The van der Waals surface area contributed by atoms with Crippen molar-refractivity contribution in [2.75, 3.05) is 11.9 Å². The van der Waals surface area contributed by atoms with Gasteiger partial charge in [0.25, 0.3) is 16.3 Å². The van der Waals surface area contributed by atoms with Crippen molar-refractivity contribution >= 4 is 15.5 Å². The molecule has 0 unspecified atom stereocenters. The fourth-order valence-electron chi connectivity index (χ4n) is 1.08. The summed E-state index contributed by atoms with van der Waals surface area (Å²) in [5.41, 5.74) is -5.28. The lowest BCUT2D eigenvalue weighted by Crippen LogP contribution is -2.23. The second-order valence-corrected chi connectivity index (χ2v) is 5.19. The second-order valence-electron chi connectivity index (χ2n) is 3.25. The Labute approximate surface area is 99.5 Å². The van der Waals surface area contributed by atoms with Crippen LogP contribution in [0.4, 0.5) is 27.6 Å². The fraction of sp³-hybridized carbons (Fsp3) is 0.333. The molecule has 0 aliphatic heterocycles. The fourth-order valence-corrected chi connectivity index (χ4v) is 1.84. The number of alkyl halides is 5. The zero-order chi connectivity index (χ0) is 14.0. The highest BCUT2D eigenvalue weighted by Crippen LogP contribution is 2.30. The average molecular weight is 289 g/mol. The SMILES string of the molecule is O=S(=O)(c1ccc(NCC(F)F)cc1)C(F)(F)F. The van der Waals surface area contributed by atoms with Gasteiger partial charge in [0.1, 0.15) is 0 Å². The van der Waals surface area contributed by atoms with Gasteiger partial charge in [-0.1, -0.05) is 0 Å². The third-order valence-electron chi connectivity index (χ3n) is 1.93. The van der Waals surface area contributed by atoms with E-state index < -0.39 is 33.2 Å². The van der Waals surface area contributed by atoms with Crippen LogP contribution in [0.1, 0.15) is 0 Å². The van der Waals surface area contributed by atoms with E-state index in [0.717, 1.165) is 12.1 Å². The van der Waals surface area contributed by atoms with Crippen molar-refractivity contribution in [1.29, 1.82) is 0 Å². The number of nitrogens with one attached hydrogen (secondary N) is 1. The van der Waals surface area contributed by atoms with Crippen molar-refractivity contribution in [3.63, 3.8) is 0 Å². The van der Waals surface area contributed by atoms with Gasteiger partial charge in [0.2, 0.25) is 0 Å². The Balaban J connectivity index is 2.90. The van der Waals surface area contributed by atoms with Crippen molar-refractivity contribution in [2.24, 2.45) is 0 Å². The number of rotatable bonds is 4. The number of benzene rings is 1. The molecule has 0 aromatic heterocycles. The van der Waals surface area contributed by atoms with E-state index in [1.807, 2.05) is 0 Å². The molecule has 0 bridgehead atoms. The third-order valence-corrected chi connectivity index (χ3v) is 3.43. The lowest BCUT2D eigenvalue weighted by Gasteiger charge is -2.09. The first-order valence-corrected chi connectivity index (χ1v) is 6.06. The van der Waals surface area contributed by atoms with Gasteiger partial charge in [-0.3, -0.25) is 0 Å². The van der Waals surface area contributed by atoms with Gasteiger partial charge in [0.05, 0.1) is 11.4 Å². The van der Waals surface area contributed by atoms with Crippen LogP contribution in [-0.4, -0.2) is 26.9 Å². The molecular weight excluding hydrogens is 281 g/mol. The molecule has 1 aromatic carbocycles. The molecule has 3 nitrogen and oxygen atoms in total. The summed E-state index contributed by atoms with van der Waals surface area (Å²) in [7, 11) is -5.40. The monoisotopic (exact) mass is 289 g/mol. The largest absolute Gasteiger partial charge is 0.501 e. The minimum atomic E-state index is -5.40. The molecule has 9 heteroatoms. The van der Waals surface area contributed by atoms with Gasteiger partial charge in [0.15, 0.2) is 0 Å². The van der Waals surface area contributed by atoms with Crippen molar-refractivity contribution in [3.8, 4) is 0 Å². The van der Waals surface area contributed by atoms with Crippen LogP contribution in [0, 0.1) is 0 Å². The van der Waals surface area contributed by atoms with E-state index >= 15 is 0 Å². The standard InChI is InChI=1S/C9H8F5NO2S/c10-8(11)5-15-6-1-3-7(4-2-6)18(16,17)9(12,13)14/h1-4,8,15H,5H2. The summed E-state index contributed by atoms with van der Waals surface area (Å²) < 4.78 is 82.1. The molecule has 1 N–H and O–H groups in total. The molecule has 0 fully saturated rings. The van der Waals surface area contributed by atoms with E-state index in [1.165, 1.54) is 0 Å². The predicted octanol–water partition coefficient (Wildman–Crippen LogP) is 2.66. The third kappa shape index (κ3) is 3.31. The number of hydrogen-bond donors (Lipinski definition) is 1. The minimum Gasteiger partial charge on any atom is -0.379 e. The van der Waals surface area contributed by atoms with Gasteiger partial charge < -0.3 is 5.32 Å². The number of sulfone groups is 1. The van der Waals surface area contributed by atoms with Crippen molar-refractivity contribution in [1.82, 2.24) is 0 Å². The Morgan fingerprint density at radius 1 is 1.11 bits per heavy atom. The van der Waals surface area contributed by atoms with Crippen molar-refractivity contribution < 1.29 is 30.4 Å². The second kappa shape index (κ2) is 5.09. The lowest BCUT2D eigenvalue weighted by atomic mass is 10.3. The van der Waals surface area contributed by atoms with E-state index in [0.29, 0.717) is 12.1 Å². The van der Waals surface area contributed by atoms with Crippen molar-refractivity contribution in [3.05, 3.63) is 24.3 Å². The quantitative estimate of drug-likeness (QED) is 0.867. The maximum atomic E-state index is 12.2. The van der Waals surface area contributed by atoms with Gasteiger partial charge in [0, 0.05) is 5.69 Å². The topological polar surface area (TPSA) is 46.2 Å². The van der Waals surface area contributed by atoms with Gasteiger partial charge >= 0.3 is 5.51 Å². The maximum absolute atomic E-state index is 12.2. The van der Waals surface area contributed by atoms with E-state index in [-0.39, 0.29) is 5.69 Å². The molecular formula is C9H8F5NO2S. The Hall–Kier alpha value is -1.38. The Bertz CT molecular complexity index is 495. The van der Waals surface area contributed by atoms with Crippen LogP contribution >= 0.6 is 0 Å². The lowest BCUT2D eigenvalue weighted by molar-refractivity contribution is -0.0436. The van der Waals surface area contributed by atoms with Crippen LogP contribution in [0.3, 0.4) is 0 Å². The highest BCUT2D eigenvalue weighted by molar-refractivity contribution is 7.92. The molecule has 0 saturated heterocycles. The van der Waals surface area contributed by atoms with Gasteiger partial charge in [-0.2, -0.15) is 13.2 Å². The molecule has 102 valence electrons. The molecule has 0 spiro atoms. The molecule has 0 radical (unpaired) electrons. The number of halogens is 5. The molecule has 0 amide bonds. The highest BCUT2D eigenvalue weighted by Gasteiger charge is 2.46. The van der Waals surface area contributed by atoms with Crippen LogP contribution in [0.2, 0.25) is 0 Å². The molecule has 0 saturated carbocycles. The number of anilines is 1. The molecule has 0 aliphatic carbocycles. The Kier molecular flexibility index (Phi) is 4.15. The summed E-state index contributed by atoms with van der Waals surface area (Å²) in [5.74, 6) is 0. The molecule has 0 aliphatic rings. The summed E-state index contributed by atoms with van der Waals surface area (Å²) in [5, 5.41) is 2.24. The van der Waals surface area contributed by atoms with Crippen LogP contribution in [-0.2, 0) is 9.84 Å². The molecule has 0 atom stereocenters. The highest BCUT2D eigenvalue weighted by atomic mass is 32.2. The zero-order valence-electron chi connectivity index (χ0n) is 8.71. The first-order chi connectivity index (χ1) is 8.14. The predicted molar refractivity (Wildman–Crippen MR) is 54.2 cm³/mol. The summed E-state index contributed by atoms with van der Waals surface area (Å²) in [6.07, 6.45) is -2.62. The summed E-state index contributed by atoms with van der Waals surface area (Å²) in [4.78, 5) is -0.933. The van der Waals surface area contributed by atoms with Crippen LogP contribution < -0.4 is 5.32 Å². The Morgan fingerprint density at radius 2 is 1.61 bits per heavy atom. The van der Waals surface area contributed by atoms with Crippen molar-refractivity contribution in [2.45, 2.75) is 16.8 Å². The van der Waals surface area contributed by atoms with Gasteiger partial charge in [-0.15, -0.1) is 0 Å². The number of hydrogen-bond acceptors (Lipinski definition) is 3. The Morgan fingerprint density at radius 3 is 2.00 bits per heavy atom. The van der Waals surface area contributed by atoms with Crippen LogP contribution in [0.5, 0.6) is 0 Å². The minimum absolute atomic E-state index is 0.108. The first kappa shape index (κ1) is 14.7. The van der Waals surface area contributed by atoms with E-state index in [4.69, 9.17) is 0 Å².